The minimum atomic E-state index is -4.57. The van der Waals surface area contributed by atoms with E-state index in [0.29, 0.717) is 0 Å². The van der Waals surface area contributed by atoms with Crippen LogP contribution in [0.15, 0.2) is 254 Å². The van der Waals surface area contributed by atoms with Gasteiger partial charge in [0.15, 0.2) is 0 Å². The molecule has 0 amide bonds. The molecule has 0 N–H and O–H groups in total. The summed E-state index contributed by atoms with van der Waals surface area (Å²) in [6.07, 6.45) is 5.31. The van der Waals surface area contributed by atoms with Gasteiger partial charge in [0.05, 0.1) is 0 Å². The Morgan fingerprint density at radius 1 is 0.280 bits per heavy atom. The van der Waals surface area contributed by atoms with Gasteiger partial charge in [-0.2, -0.15) is 0 Å². The van der Waals surface area contributed by atoms with Crippen LogP contribution in [0.5, 0.6) is 0 Å². The summed E-state index contributed by atoms with van der Waals surface area (Å²) in [5.74, 6) is 0. The van der Waals surface area contributed by atoms with Crippen molar-refractivity contribution in [1.82, 2.24) is 0 Å². The molecule has 0 fully saturated rings. The van der Waals surface area contributed by atoms with Gasteiger partial charge in [0.1, 0.15) is 0 Å². The first-order chi connectivity index (χ1) is 39.1. The SMILES string of the molecule is CC1=Cc2c(-c3c4ccccc4cc4ccccc34)ccc(-c3c4ccccc4cc4ccccc34)c2[CH]1[Zr]([CH3])([CH3])(=[SiH2])[CH]1C(C)=Cc2c(-c3c4ccccc4cc4ccccc34)ccc(-c3c4ccccc4cc4ccccc34)c21.Cl.Cl. The largest absolute Gasteiger partial charge is 0.147 e. The van der Waals surface area contributed by atoms with Crippen LogP contribution in [-0.4, -0.2) is 6.88 Å². The van der Waals surface area contributed by atoms with Crippen molar-refractivity contribution in [1.29, 1.82) is 0 Å². The molecule has 2 unspecified atom stereocenters. The van der Waals surface area contributed by atoms with Crippen LogP contribution in [0.4, 0.5) is 0 Å². The molecule has 2 atom stereocenters. The van der Waals surface area contributed by atoms with Gasteiger partial charge in [0.2, 0.25) is 0 Å². The second kappa shape index (κ2) is 19.5. The monoisotopic (exact) mass is 1180 g/mol. The minimum Gasteiger partial charge on any atom is -0.147 e. The van der Waals surface area contributed by atoms with Crippen molar-refractivity contribution < 1.29 is 17.4 Å². The average Bonchev–Trinajstić information content (AvgIpc) is 3.48. The molecule has 0 saturated carbocycles. The Kier molecular flexibility index (Phi) is 12.4. The average molecular weight is 1190 g/mol. The van der Waals surface area contributed by atoms with Crippen LogP contribution in [0.1, 0.15) is 43.4 Å². The molecular weight excluding hydrogens is 1130 g/mol. The minimum absolute atomic E-state index is 0. The number of hydrogen-bond donors (Lipinski definition) is 0. The molecule has 0 bridgehead atoms. The molecule has 0 aromatic heterocycles. The molecule has 0 saturated heterocycles. The quantitative estimate of drug-likeness (QED) is 0.115. The molecule has 2 aliphatic rings. The van der Waals surface area contributed by atoms with Gasteiger partial charge in [-0.15, -0.1) is 24.8 Å². The maximum Gasteiger partial charge on any atom is -0.147 e. The molecule has 14 aromatic carbocycles. The fraction of sp³-hybridized carbons (Fsp3) is 0.0769. The van der Waals surface area contributed by atoms with E-state index in [4.69, 9.17) is 0 Å². The van der Waals surface area contributed by atoms with Crippen LogP contribution in [0.25, 0.3) is 143 Å². The molecule has 82 heavy (non-hydrogen) atoms. The molecular formula is C78H60Cl2SiZr. The number of benzene rings is 14. The molecule has 394 valence electrons. The fourth-order valence-corrected chi connectivity index (χ4v) is 37.0. The number of halogens is 2. The van der Waals surface area contributed by atoms with Crippen LogP contribution >= 0.6 is 24.8 Å². The number of allylic oxidation sites excluding steroid dienone is 2. The Bertz CT molecular complexity index is 4670. The van der Waals surface area contributed by atoms with Crippen LogP contribution in [0.2, 0.25) is 9.26 Å². The second-order valence-electron chi connectivity index (χ2n) is 24.3. The summed E-state index contributed by atoms with van der Waals surface area (Å²) in [7, 11) is 0. The van der Waals surface area contributed by atoms with E-state index < -0.39 is 17.4 Å². The van der Waals surface area contributed by atoms with Crippen LogP contribution in [0, 0.1) is 0 Å². The van der Waals surface area contributed by atoms with Gasteiger partial charge in [0.25, 0.3) is 0 Å². The van der Waals surface area contributed by atoms with Crippen molar-refractivity contribution >= 4 is 130 Å². The fourth-order valence-electron chi connectivity index (χ4n) is 16.0. The smallest absolute Gasteiger partial charge is 0.147 e. The first-order valence-corrected chi connectivity index (χ1v) is 42.2. The van der Waals surface area contributed by atoms with Gasteiger partial charge in [-0.1, -0.05) is 0 Å². The Balaban J connectivity index is 0.00000301. The van der Waals surface area contributed by atoms with E-state index in [1.165, 1.54) is 164 Å². The summed E-state index contributed by atoms with van der Waals surface area (Å²) in [6, 6.07) is 92.4. The van der Waals surface area contributed by atoms with Crippen LogP contribution in [0.3, 0.4) is 0 Å². The third-order valence-electron chi connectivity index (χ3n) is 18.9. The van der Waals surface area contributed by atoms with Gasteiger partial charge < -0.3 is 0 Å². The molecule has 16 rings (SSSR count). The zero-order valence-corrected chi connectivity index (χ0v) is 51.9. The molecule has 4 heteroatoms. The molecule has 0 nitrogen and oxygen atoms in total. The zero-order valence-electron chi connectivity index (χ0n) is 46.4. The molecule has 0 aliphatic heterocycles. The summed E-state index contributed by atoms with van der Waals surface area (Å²) in [5, 5.41) is 20.6. The summed E-state index contributed by atoms with van der Waals surface area (Å²) >= 11 is -4.57. The van der Waals surface area contributed by atoms with Gasteiger partial charge in [-0.3, -0.25) is 0 Å². The predicted octanol–water partition coefficient (Wildman–Crippen LogP) is 22.4. The van der Waals surface area contributed by atoms with Gasteiger partial charge in [0, 0.05) is 0 Å². The predicted molar refractivity (Wildman–Crippen MR) is 362 cm³/mol. The molecule has 0 spiro atoms. The van der Waals surface area contributed by atoms with E-state index in [-0.39, 0.29) is 32.1 Å². The van der Waals surface area contributed by atoms with Crippen molar-refractivity contribution in [3.63, 3.8) is 0 Å². The topological polar surface area (TPSA) is 0 Å². The van der Waals surface area contributed by atoms with Crippen LogP contribution in [-0.2, 0) is 17.4 Å². The van der Waals surface area contributed by atoms with Gasteiger partial charge in [-0.25, -0.2) is 0 Å². The summed E-state index contributed by atoms with van der Waals surface area (Å²) in [5.41, 5.74) is 19.5. The third kappa shape index (κ3) is 7.72. The second-order valence-corrected chi connectivity index (χ2v) is 54.8. The van der Waals surface area contributed by atoms with E-state index in [0.717, 1.165) is 0 Å². The summed E-state index contributed by atoms with van der Waals surface area (Å²) in [6.45, 7) is 7.49. The Hall–Kier alpha value is -7.68. The standard InChI is InChI=1S/2C38H25.2CH3.2ClH.H2Si.Zr/c2*1-24-20-35-33(37-29-14-6-2-10-25(29)22-26-11-3-7-15-30(26)37)18-19-34(36(35)21-24)38-31-16-8-4-12-27(31)23-28-13-5-9-17-32(28)38;;;;;;/h2*2-23H,1H3;2*1H3;2*1H;1H2;. The molecule has 2 aliphatic carbocycles. The van der Waals surface area contributed by atoms with Crippen molar-refractivity contribution in [2.24, 2.45) is 0 Å². The number of rotatable bonds is 6. The van der Waals surface area contributed by atoms with E-state index in [1.807, 2.05) is 0 Å². The van der Waals surface area contributed by atoms with Crippen molar-refractivity contribution in [2.45, 2.75) is 30.4 Å². The van der Waals surface area contributed by atoms with Crippen molar-refractivity contribution in [3.8, 4) is 44.5 Å². The van der Waals surface area contributed by atoms with E-state index in [9.17, 15) is 0 Å². The molecule has 14 aromatic rings. The summed E-state index contributed by atoms with van der Waals surface area (Å²) < 4.78 is 6.11. The van der Waals surface area contributed by atoms with E-state index in [1.54, 1.807) is 0 Å². The van der Waals surface area contributed by atoms with E-state index >= 15 is 0 Å². The van der Waals surface area contributed by atoms with Crippen molar-refractivity contribution in [2.75, 3.05) is 0 Å². The van der Waals surface area contributed by atoms with Crippen LogP contribution < -0.4 is 0 Å². The molecule has 0 radical (unpaired) electrons. The third-order valence-corrected chi connectivity index (χ3v) is 36.7. The zero-order chi connectivity index (χ0) is 53.6. The number of fused-ring (bicyclic) bond motifs is 10. The van der Waals surface area contributed by atoms with Gasteiger partial charge in [-0.05, 0) is 0 Å². The maximum absolute atomic E-state index is 4.57. The molecule has 0 heterocycles. The maximum atomic E-state index is 2.85. The normalized spacial score (nSPS) is 15.0. The Morgan fingerprint density at radius 3 is 0.707 bits per heavy atom. The Morgan fingerprint density at radius 2 is 0.476 bits per heavy atom. The first-order valence-electron chi connectivity index (χ1n) is 28.5. The number of hydrogen-bond acceptors (Lipinski definition) is 0. The van der Waals surface area contributed by atoms with Gasteiger partial charge >= 0.3 is 474 Å². The summed E-state index contributed by atoms with van der Waals surface area (Å²) in [4.78, 5) is 0. The van der Waals surface area contributed by atoms with Crippen molar-refractivity contribution in [3.05, 3.63) is 276 Å². The first kappa shape index (κ1) is 52.4. The van der Waals surface area contributed by atoms with E-state index in [2.05, 4.69) is 285 Å². The Labute approximate surface area is 494 Å².